The number of carbonyl (C=O) groups is 2. The number of rotatable bonds is 6. The number of nitrogens with one attached hydrogen (secondary N) is 1. The Hall–Kier alpha value is -2.44. The van der Waals surface area contributed by atoms with Gasteiger partial charge in [0.25, 0.3) is 5.91 Å². The third kappa shape index (κ3) is 4.35. The Morgan fingerprint density at radius 1 is 1.04 bits per heavy atom. The van der Waals surface area contributed by atoms with Crippen LogP contribution in [-0.4, -0.2) is 18.5 Å². The van der Waals surface area contributed by atoms with Gasteiger partial charge in [-0.2, -0.15) is 0 Å². The normalized spacial score (nSPS) is 11.7. The lowest BCUT2D eigenvalue weighted by Crippen LogP contribution is -2.32. The number of carbonyl (C=O) groups excluding carboxylic acids is 2. The van der Waals surface area contributed by atoms with E-state index in [1.807, 2.05) is 66.2 Å². The number of amides is 1. The lowest BCUT2D eigenvalue weighted by atomic mass is 10.1. The van der Waals surface area contributed by atoms with E-state index in [0.717, 1.165) is 16.0 Å². The predicted molar refractivity (Wildman–Crippen MR) is 100 cm³/mol. The van der Waals surface area contributed by atoms with Crippen molar-refractivity contribution in [3.05, 3.63) is 80.2 Å². The van der Waals surface area contributed by atoms with Crippen molar-refractivity contribution in [3.63, 3.8) is 0 Å². The summed E-state index contributed by atoms with van der Waals surface area (Å²) in [5.41, 5.74) is 1.84. The molecular formula is C19H17NO3S2. The Morgan fingerprint density at radius 2 is 1.84 bits per heavy atom. The fourth-order valence-corrected chi connectivity index (χ4v) is 4.02. The Morgan fingerprint density at radius 3 is 2.48 bits per heavy atom. The van der Waals surface area contributed by atoms with Gasteiger partial charge in [-0.25, -0.2) is 4.79 Å². The van der Waals surface area contributed by atoms with Gasteiger partial charge in [0.15, 0.2) is 6.61 Å². The summed E-state index contributed by atoms with van der Waals surface area (Å²) in [5, 5.41) is 6.75. The second kappa shape index (κ2) is 8.09. The van der Waals surface area contributed by atoms with Gasteiger partial charge in [0.2, 0.25) is 0 Å². The van der Waals surface area contributed by atoms with E-state index in [2.05, 4.69) is 5.32 Å². The van der Waals surface area contributed by atoms with Crippen molar-refractivity contribution < 1.29 is 14.3 Å². The van der Waals surface area contributed by atoms with Gasteiger partial charge in [0, 0.05) is 4.88 Å². The Kier molecular flexibility index (Phi) is 5.63. The summed E-state index contributed by atoms with van der Waals surface area (Å²) in [5.74, 6) is -0.792. The quantitative estimate of drug-likeness (QED) is 0.661. The van der Waals surface area contributed by atoms with E-state index < -0.39 is 5.97 Å². The molecule has 25 heavy (non-hydrogen) atoms. The number of thiophene rings is 2. The minimum atomic E-state index is -0.463. The van der Waals surface area contributed by atoms with Crippen molar-refractivity contribution in [3.8, 4) is 0 Å². The second-order valence-electron chi connectivity index (χ2n) is 5.44. The molecule has 0 spiro atoms. The van der Waals surface area contributed by atoms with Gasteiger partial charge in [0.05, 0.1) is 6.04 Å². The summed E-state index contributed by atoms with van der Waals surface area (Å²) in [6, 6.07) is 15.2. The molecule has 128 valence electrons. The minimum absolute atomic E-state index is 0.254. The molecule has 2 heterocycles. The van der Waals surface area contributed by atoms with Crippen LogP contribution in [0.1, 0.15) is 31.7 Å². The van der Waals surface area contributed by atoms with Crippen molar-refractivity contribution in [2.24, 2.45) is 0 Å². The fourth-order valence-electron chi connectivity index (χ4n) is 2.40. The molecule has 0 saturated heterocycles. The largest absolute Gasteiger partial charge is 0.451 e. The maximum Gasteiger partial charge on any atom is 0.349 e. The number of ether oxygens (including phenoxy) is 1. The zero-order chi connectivity index (χ0) is 17.6. The highest BCUT2D eigenvalue weighted by atomic mass is 32.1. The summed E-state index contributed by atoms with van der Waals surface area (Å²) < 4.78 is 5.15. The van der Waals surface area contributed by atoms with Crippen LogP contribution in [0.5, 0.6) is 0 Å². The third-order valence-corrected chi connectivity index (χ3v) is 5.58. The molecule has 0 aliphatic rings. The molecule has 2 aromatic heterocycles. The van der Waals surface area contributed by atoms with Crippen molar-refractivity contribution >= 4 is 34.6 Å². The highest BCUT2D eigenvalue weighted by Crippen LogP contribution is 2.25. The van der Waals surface area contributed by atoms with Crippen LogP contribution < -0.4 is 5.32 Å². The molecule has 6 heteroatoms. The van der Waals surface area contributed by atoms with Crippen LogP contribution in [-0.2, 0) is 9.53 Å². The first-order valence-corrected chi connectivity index (χ1v) is 9.50. The molecule has 3 rings (SSSR count). The van der Waals surface area contributed by atoms with Crippen molar-refractivity contribution in [1.82, 2.24) is 5.32 Å². The SMILES string of the molecule is Cc1ccsc1C(=O)OCC(=O)N[C@@H](c1ccccc1)c1cccs1. The molecule has 0 aliphatic heterocycles. The molecule has 3 aromatic rings. The van der Waals surface area contributed by atoms with Crippen molar-refractivity contribution in [1.29, 1.82) is 0 Å². The van der Waals surface area contributed by atoms with E-state index in [9.17, 15) is 9.59 Å². The molecule has 1 aromatic carbocycles. The third-order valence-electron chi connectivity index (χ3n) is 3.65. The first-order chi connectivity index (χ1) is 12.1. The minimum Gasteiger partial charge on any atom is -0.451 e. The summed E-state index contributed by atoms with van der Waals surface area (Å²) in [6.07, 6.45) is 0. The smallest absolute Gasteiger partial charge is 0.349 e. The number of hydrogen-bond acceptors (Lipinski definition) is 5. The molecule has 1 atom stereocenters. The first-order valence-electron chi connectivity index (χ1n) is 7.74. The lowest BCUT2D eigenvalue weighted by molar-refractivity contribution is -0.124. The molecule has 0 unspecified atom stereocenters. The van der Waals surface area contributed by atoms with E-state index >= 15 is 0 Å². The molecule has 0 radical (unpaired) electrons. The predicted octanol–water partition coefficient (Wildman–Crippen LogP) is 4.18. The van der Waals surface area contributed by atoms with Gasteiger partial charge in [-0.3, -0.25) is 4.79 Å². The number of esters is 1. The highest BCUT2D eigenvalue weighted by molar-refractivity contribution is 7.12. The van der Waals surface area contributed by atoms with Crippen LogP contribution in [0.3, 0.4) is 0 Å². The van der Waals surface area contributed by atoms with E-state index in [1.165, 1.54) is 11.3 Å². The number of aryl methyl sites for hydroxylation is 1. The van der Waals surface area contributed by atoms with Gasteiger partial charge in [-0.1, -0.05) is 36.4 Å². The molecule has 0 bridgehead atoms. The summed E-state index contributed by atoms with van der Waals surface area (Å²) in [4.78, 5) is 25.9. The average molecular weight is 371 g/mol. The Labute approximate surface area is 154 Å². The topological polar surface area (TPSA) is 55.4 Å². The van der Waals surface area contributed by atoms with E-state index in [1.54, 1.807) is 11.3 Å². The van der Waals surface area contributed by atoms with E-state index in [4.69, 9.17) is 4.74 Å². The van der Waals surface area contributed by atoms with E-state index in [-0.39, 0.29) is 18.6 Å². The van der Waals surface area contributed by atoms with Gasteiger partial charge >= 0.3 is 5.97 Å². The molecule has 0 saturated carbocycles. The second-order valence-corrected chi connectivity index (χ2v) is 7.33. The Bertz CT molecular complexity index is 841. The average Bonchev–Trinajstić information content (AvgIpc) is 3.30. The fraction of sp³-hybridized carbons (Fsp3) is 0.158. The summed E-state index contributed by atoms with van der Waals surface area (Å²) >= 11 is 2.88. The van der Waals surface area contributed by atoms with Gasteiger partial charge in [0.1, 0.15) is 4.88 Å². The number of benzene rings is 1. The van der Waals surface area contributed by atoms with Crippen LogP contribution in [0.2, 0.25) is 0 Å². The monoisotopic (exact) mass is 371 g/mol. The molecule has 0 aliphatic carbocycles. The van der Waals surface area contributed by atoms with Crippen LogP contribution in [0.15, 0.2) is 59.3 Å². The summed E-state index contributed by atoms with van der Waals surface area (Å²) in [7, 11) is 0. The standard InChI is InChI=1S/C19H17NO3S2/c1-13-9-11-25-18(13)19(22)23-12-16(21)20-17(15-8-5-10-24-15)14-6-3-2-4-7-14/h2-11,17H,12H2,1H3,(H,20,21)/t17-/m0/s1. The van der Waals surface area contributed by atoms with E-state index in [0.29, 0.717) is 4.88 Å². The number of hydrogen-bond donors (Lipinski definition) is 1. The van der Waals surface area contributed by atoms with Gasteiger partial charge in [-0.05, 0) is 40.9 Å². The first kappa shape index (κ1) is 17.4. The van der Waals surface area contributed by atoms with Crippen LogP contribution >= 0.6 is 22.7 Å². The molecule has 0 fully saturated rings. The summed E-state index contributed by atoms with van der Waals surface area (Å²) in [6.45, 7) is 1.54. The lowest BCUT2D eigenvalue weighted by Gasteiger charge is -2.18. The van der Waals surface area contributed by atoms with Gasteiger partial charge in [-0.15, -0.1) is 22.7 Å². The molecule has 1 amide bonds. The maximum atomic E-state index is 12.3. The van der Waals surface area contributed by atoms with Crippen LogP contribution in [0.4, 0.5) is 0 Å². The van der Waals surface area contributed by atoms with Gasteiger partial charge < -0.3 is 10.1 Å². The zero-order valence-electron chi connectivity index (χ0n) is 13.6. The molecular weight excluding hydrogens is 354 g/mol. The van der Waals surface area contributed by atoms with Crippen molar-refractivity contribution in [2.45, 2.75) is 13.0 Å². The molecule has 4 nitrogen and oxygen atoms in total. The molecule has 1 N–H and O–H groups in total. The van der Waals surface area contributed by atoms with Crippen molar-refractivity contribution in [2.75, 3.05) is 6.61 Å². The van der Waals surface area contributed by atoms with Crippen LogP contribution in [0.25, 0.3) is 0 Å². The zero-order valence-corrected chi connectivity index (χ0v) is 15.2. The van der Waals surface area contributed by atoms with Crippen LogP contribution in [0, 0.1) is 6.92 Å². The maximum absolute atomic E-state index is 12.3. The Balaban J connectivity index is 1.65. The highest BCUT2D eigenvalue weighted by Gasteiger charge is 2.19.